The lowest BCUT2D eigenvalue weighted by Crippen LogP contribution is -2.52. The highest BCUT2D eigenvalue weighted by molar-refractivity contribution is 9.10. The van der Waals surface area contributed by atoms with E-state index in [1.807, 2.05) is 25.1 Å². The van der Waals surface area contributed by atoms with Crippen molar-refractivity contribution in [3.8, 4) is 0 Å². The maximum Gasteiger partial charge on any atom is 0.252 e. The average Bonchev–Trinajstić information content (AvgIpc) is 2.33. The molecule has 0 atom stereocenters. The summed E-state index contributed by atoms with van der Waals surface area (Å²) in [6, 6.07) is 5.73. The smallest absolute Gasteiger partial charge is 0.252 e. The van der Waals surface area contributed by atoms with Gasteiger partial charge in [-0.15, -0.1) is 0 Å². The van der Waals surface area contributed by atoms with Crippen LogP contribution in [0.2, 0.25) is 0 Å². The fraction of sp³-hybridized carbons (Fsp3) is 0.500. The van der Waals surface area contributed by atoms with Crippen LogP contribution in [0.15, 0.2) is 22.7 Å². The Morgan fingerprint density at radius 2 is 2.06 bits per heavy atom. The van der Waals surface area contributed by atoms with Crippen LogP contribution in [-0.2, 0) is 0 Å². The van der Waals surface area contributed by atoms with Gasteiger partial charge in [-0.1, -0.05) is 22.0 Å². The van der Waals surface area contributed by atoms with Gasteiger partial charge in [-0.3, -0.25) is 4.79 Å². The molecular weight excluding hydrogens is 292 g/mol. The van der Waals surface area contributed by atoms with Crippen LogP contribution in [0.3, 0.4) is 0 Å². The average molecular weight is 311 g/mol. The van der Waals surface area contributed by atoms with Gasteiger partial charge in [-0.2, -0.15) is 0 Å². The molecule has 4 heteroatoms. The van der Waals surface area contributed by atoms with E-state index in [4.69, 9.17) is 0 Å². The van der Waals surface area contributed by atoms with E-state index in [9.17, 15) is 4.79 Å². The van der Waals surface area contributed by atoms with Crippen LogP contribution >= 0.6 is 15.9 Å². The number of benzene rings is 1. The summed E-state index contributed by atoms with van der Waals surface area (Å²) >= 11 is 3.46. The molecular formula is C14H19BrN2O. The molecule has 3 nitrogen and oxygen atoms in total. The van der Waals surface area contributed by atoms with Gasteiger partial charge in [-0.05, 0) is 57.5 Å². The molecule has 1 amide bonds. The number of amides is 1. The van der Waals surface area contributed by atoms with Crippen molar-refractivity contribution in [2.24, 2.45) is 0 Å². The SMILES string of the molecule is Cc1c(Br)cccc1C(=O)NC1(C)CCNCC1. The Kier molecular flexibility index (Phi) is 4.07. The number of hydrogen-bond donors (Lipinski definition) is 2. The minimum Gasteiger partial charge on any atom is -0.347 e. The van der Waals surface area contributed by atoms with E-state index in [1.165, 1.54) is 0 Å². The first-order valence-electron chi connectivity index (χ1n) is 6.30. The molecule has 1 fully saturated rings. The standard InChI is InChI=1S/C14H19BrN2O/c1-10-11(4-3-5-12(10)15)13(18)17-14(2)6-8-16-9-7-14/h3-5,16H,6-9H2,1-2H3,(H,17,18). The van der Waals surface area contributed by atoms with Gasteiger partial charge < -0.3 is 10.6 Å². The van der Waals surface area contributed by atoms with Crippen molar-refractivity contribution in [1.82, 2.24) is 10.6 Å². The fourth-order valence-corrected chi connectivity index (χ4v) is 2.66. The Hall–Kier alpha value is -0.870. The van der Waals surface area contributed by atoms with E-state index >= 15 is 0 Å². The molecule has 1 aliphatic rings. The Bertz CT molecular complexity index is 453. The monoisotopic (exact) mass is 310 g/mol. The second-order valence-corrected chi connectivity index (χ2v) is 6.03. The van der Waals surface area contributed by atoms with Gasteiger partial charge in [0.15, 0.2) is 0 Å². The minimum atomic E-state index is -0.0862. The van der Waals surface area contributed by atoms with Crippen LogP contribution in [0, 0.1) is 6.92 Å². The maximum atomic E-state index is 12.3. The number of carbonyl (C=O) groups is 1. The largest absolute Gasteiger partial charge is 0.347 e. The highest BCUT2D eigenvalue weighted by Crippen LogP contribution is 2.22. The molecule has 18 heavy (non-hydrogen) atoms. The second kappa shape index (κ2) is 5.41. The molecule has 2 N–H and O–H groups in total. The van der Waals surface area contributed by atoms with E-state index in [0.29, 0.717) is 0 Å². The highest BCUT2D eigenvalue weighted by Gasteiger charge is 2.29. The molecule has 1 aromatic rings. The summed E-state index contributed by atoms with van der Waals surface area (Å²) < 4.78 is 0.977. The van der Waals surface area contributed by atoms with Crippen molar-refractivity contribution in [3.63, 3.8) is 0 Å². The zero-order valence-electron chi connectivity index (χ0n) is 10.8. The Labute approximate surface area is 116 Å². The van der Waals surface area contributed by atoms with Crippen molar-refractivity contribution in [1.29, 1.82) is 0 Å². The lowest BCUT2D eigenvalue weighted by atomic mass is 9.90. The van der Waals surface area contributed by atoms with E-state index < -0.39 is 0 Å². The molecule has 0 radical (unpaired) electrons. The summed E-state index contributed by atoms with van der Waals surface area (Å²) in [7, 11) is 0. The molecule has 1 saturated heterocycles. The second-order valence-electron chi connectivity index (χ2n) is 5.18. The Balaban J connectivity index is 2.14. The topological polar surface area (TPSA) is 41.1 Å². The van der Waals surface area contributed by atoms with Crippen molar-refractivity contribution in [2.75, 3.05) is 13.1 Å². The molecule has 2 rings (SSSR count). The third-order valence-corrected chi connectivity index (χ3v) is 4.49. The number of halogens is 1. The first-order chi connectivity index (χ1) is 8.52. The molecule has 1 heterocycles. The van der Waals surface area contributed by atoms with Gasteiger partial charge in [0.25, 0.3) is 5.91 Å². The van der Waals surface area contributed by atoms with Crippen molar-refractivity contribution >= 4 is 21.8 Å². The van der Waals surface area contributed by atoms with Crippen LogP contribution in [0.1, 0.15) is 35.7 Å². The normalized spacial score (nSPS) is 18.4. The molecule has 0 bridgehead atoms. The van der Waals surface area contributed by atoms with Gasteiger partial charge in [0.05, 0.1) is 0 Å². The third-order valence-electron chi connectivity index (χ3n) is 3.63. The predicted molar refractivity (Wildman–Crippen MR) is 76.9 cm³/mol. The lowest BCUT2D eigenvalue weighted by molar-refractivity contribution is 0.0887. The summed E-state index contributed by atoms with van der Waals surface area (Å²) in [5.74, 6) is 0.0261. The first-order valence-corrected chi connectivity index (χ1v) is 7.09. The van der Waals surface area contributed by atoms with Crippen LogP contribution in [0.25, 0.3) is 0 Å². The highest BCUT2D eigenvalue weighted by atomic mass is 79.9. The number of hydrogen-bond acceptors (Lipinski definition) is 2. The summed E-state index contributed by atoms with van der Waals surface area (Å²) in [6.07, 6.45) is 1.96. The molecule has 0 aliphatic carbocycles. The van der Waals surface area contributed by atoms with Crippen LogP contribution in [0.5, 0.6) is 0 Å². The third kappa shape index (κ3) is 2.93. The first kappa shape index (κ1) is 13.6. The van der Waals surface area contributed by atoms with Crippen LogP contribution < -0.4 is 10.6 Å². The van der Waals surface area contributed by atoms with Crippen LogP contribution in [-0.4, -0.2) is 24.5 Å². The molecule has 0 unspecified atom stereocenters. The Morgan fingerprint density at radius 3 is 2.72 bits per heavy atom. The number of piperidine rings is 1. The maximum absolute atomic E-state index is 12.3. The van der Waals surface area contributed by atoms with Gasteiger partial charge in [-0.25, -0.2) is 0 Å². The number of carbonyl (C=O) groups excluding carboxylic acids is 1. The molecule has 98 valence electrons. The summed E-state index contributed by atoms with van der Waals surface area (Å²) in [4.78, 5) is 12.3. The molecule has 1 aromatic carbocycles. The number of nitrogens with one attached hydrogen (secondary N) is 2. The van der Waals surface area contributed by atoms with E-state index in [1.54, 1.807) is 0 Å². The van der Waals surface area contributed by atoms with Gasteiger partial charge in [0.2, 0.25) is 0 Å². The van der Waals surface area contributed by atoms with Crippen molar-refractivity contribution in [3.05, 3.63) is 33.8 Å². The zero-order valence-corrected chi connectivity index (χ0v) is 12.4. The lowest BCUT2D eigenvalue weighted by Gasteiger charge is -2.35. The summed E-state index contributed by atoms with van der Waals surface area (Å²) in [5, 5.41) is 6.49. The van der Waals surface area contributed by atoms with Crippen molar-refractivity contribution < 1.29 is 4.79 Å². The van der Waals surface area contributed by atoms with E-state index in [0.717, 1.165) is 41.5 Å². The summed E-state index contributed by atoms with van der Waals surface area (Å²) in [6.45, 7) is 6.02. The van der Waals surface area contributed by atoms with Gasteiger partial charge in [0.1, 0.15) is 0 Å². The predicted octanol–water partition coefficient (Wildman–Crippen LogP) is 2.63. The van der Waals surface area contributed by atoms with Gasteiger partial charge >= 0.3 is 0 Å². The quantitative estimate of drug-likeness (QED) is 0.881. The summed E-state index contributed by atoms with van der Waals surface area (Å²) in [5.41, 5.74) is 1.66. The van der Waals surface area contributed by atoms with E-state index in [2.05, 4.69) is 33.5 Å². The molecule has 0 aromatic heterocycles. The molecule has 0 saturated carbocycles. The molecule has 1 aliphatic heterocycles. The van der Waals surface area contributed by atoms with Crippen LogP contribution in [0.4, 0.5) is 0 Å². The van der Waals surface area contributed by atoms with E-state index in [-0.39, 0.29) is 11.4 Å². The van der Waals surface area contributed by atoms with Crippen molar-refractivity contribution in [2.45, 2.75) is 32.2 Å². The minimum absolute atomic E-state index is 0.0261. The number of rotatable bonds is 2. The van der Waals surface area contributed by atoms with Gasteiger partial charge in [0, 0.05) is 15.6 Å². The fourth-order valence-electron chi connectivity index (χ4n) is 2.30. The Morgan fingerprint density at radius 1 is 1.39 bits per heavy atom. The molecule has 0 spiro atoms. The zero-order chi connectivity index (χ0) is 13.2.